The minimum absolute atomic E-state index is 0.173. The summed E-state index contributed by atoms with van der Waals surface area (Å²) in [5.41, 5.74) is 2.80. The van der Waals surface area contributed by atoms with Gasteiger partial charge in [-0.05, 0) is 35.4 Å². The van der Waals surface area contributed by atoms with E-state index in [1.807, 2.05) is 24.4 Å². The number of rotatable bonds is 6. The fraction of sp³-hybridized carbons (Fsp3) is 0.312. The third-order valence-electron chi connectivity index (χ3n) is 3.14. The van der Waals surface area contributed by atoms with Gasteiger partial charge < -0.3 is 15.4 Å². The van der Waals surface area contributed by atoms with E-state index in [0.717, 1.165) is 11.1 Å². The topological polar surface area (TPSA) is 45.7 Å². The maximum atomic E-state index is 12.5. The lowest BCUT2D eigenvalue weighted by Crippen LogP contribution is -2.36. The minimum atomic E-state index is -2.84. The van der Waals surface area contributed by atoms with Gasteiger partial charge in [0.25, 0.3) is 0 Å². The molecule has 0 spiro atoms. The van der Waals surface area contributed by atoms with Crippen molar-refractivity contribution in [3.63, 3.8) is 0 Å². The van der Waals surface area contributed by atoms with Gasteiger partial charge in [0.2, 0.25) is 0 Å². The van der Waals surface area contributed by atoms with Crippen molar-refractivity contribution in [2.45, 2.75) is 26.6 Å². The summed E-state index contributed by atoms with van der Waals surface area (Å²) in [6.45, 7) is 0.0523. The standard InChI is InChI=1S/C16H19F2N3OS/c1-11-3-4-14(22-15(17)18)13(7-11)9-21-16(19-2)20-8-12-5-6-23-10-12/h3-7,10,15H,8-9H2,1-2H3,(H2,19,20,21). The normalized spacial score (nSPS) is 11.6. The Bertz CT molecular complexity index is 645. The molecule has 1 aromatic heterocycles. The molecule has 0 unspecified atom stereocenters. The van der Waals surface area contributed by atoms with Gasteiger partial charge in [0.1, 0.15) is 5.75 Å². The number of halogens is 2. The van der Waals surface area contributed by atoms with Crippen molar-refractivity contribution in [1.82, 2.24) is 10.6 Å². The van der Waals surface area contributed by atoms with Gasteiger partial charge in [0, 0.05) is 25.7 Å². The van der Waals surface area contributed by atoms with Crippen LogP contribution < -0.4 is 15.4 Å². The molecule has 2 N–H and O–H groups in total. The van der Waals surface area contributed by atoms with Gasteiger partial charge in [-0.1, -0.05) is 17.7 Å². The molecule has 4 nitrogen and oxygen atoms in total. The van der Waals surface area contributed by atoms with Gasteiger partial charge in [-0.2, -0.15) is 20.1 Å². The Labute approximate surface area is 138 Å². The molecule has 0 atom stereocenters. The fourth-order valence-corrected chi connectivity index (χ4v) is 2.70. The van der Waals surface area contributed by atoms with E-state index in [4.69, 9.17) is 0 Å². The molecule has 124 valence electrons. The number of aliphatic imine (C=N–C) groups is 1. The zero-order chi connectivity index (χ0) is 16.7. The van der Waals surface area contributed by atoms with Crippen LogP contribution in [0.3, 0.4) is 0 Å². The van der Waals surface area contributed by atoms with Crippen LogP contribution in [-0.4, -0.2) is 19.6 Å². The van der Waals surface area contributed by atoms with E-state index in [1.165, 1.54) is 0 Å². The Hall–Kier alpha value is -2.15. The van der Waals surface area contributed by atoms with E-state index in [-0.39, 0.29) is 5.75 Å². The first-order chi connectivity index (χ1) is 11.1. The molecule has 0 radical (unpaired) electrons. The third-order valence-corrected chi connectivity index (χ3v) is 3.87. The maximum absolute atomic E-state index is 12.5. The van der Waals surface area contributed by atoms with E-state index >= 15 is 0 Å². The van der Waals surface area contributed by atoms with Crippen LogP contribution in [0.4, 0.5) is 8.78 Å². The van der Waals surface area contributed by atoms with Gasteiger partial charge in [-0.15, -0.1) is 0 Å². The number of benzene rings is 1. The third kappa shape index (κ3) is 5.52. The lowest BCUT2D eigenvalue weighted by atomic mass is 10.1. The molecule has 2 aromatic rings. The molecule has 0 saturated heterocycles. The first-order valence-electron chi connectivity index (χ1n) is 7.08. The second kappa shape index (κ2) is 8.47. The van der Waals surface area contributed by atoms with Crippen LogP contribution in [0.15, 0.2) is 40.0 Å². The molecule has 0 saturated carbocycles. The largest absolute Gasteiger partial charge is 0.434 e. The summed E-state index contributed by atoms with van der Waals surface area (Å²) in [5, 5.41) is 10.3. The highest BCUT2D eigenvalue weighted by Crippen LogP contribution is 2.21. The van der Waals surface area contributed by atoms with Crippen LogP contribution in [0.5, 0.6) is 5.75 Å². The summed E-state index contributed by atoms with van der Waals surface area (Å²) in [7, 11) is 1.66. The second-order valence-corrected chi connectivity index (χ2v) is 5.68. The number of nitrogens with one attached hydrogen (secondary N) is 2. The first-order valence-corrected chi connectivity index (χ1v) is 8.02. The van der Waals surface area contributed by atoms with Gasteiger partial charge >= 0.3 is 6.61 Å². The average molecular weight is 339 g/mol. The van der Waals surface area contributed by atoms with Crippen molar-refractivity contribution in [3.05, 3.63) is 51.7 Å². The van der Waals surface area contributed by atoms with Crippen LogP contribution in [0.1, 0.15) is 16.7 Å². The Kier molecular flexibility index (Phi) is 6.34. The predicted octanol–water partition coefficient (Wildman–Crippen LogP) is 3.52. The SMILES string of the molecule is CN=C(NCc1ccsc1)NCc1cc(C)ccc1OC(F)F. The summed E-state index contributed by atoms with van der Waals surface area (Å²) < 4.78 is 29.5. The van der Waals surface area contributed by atoms with Crippen LogP contribution in [0.2, 0.25) is 0 Å². The number of alkyl halides is 2. The molecule has 0 aliphatic rings. The molecule has 0 aliphatic heterocycles. The Morgan fingerprint density at radius 2 is 2.04 bits per heavy atom. The van der Waals surface area contributed by atoms with E-state index < -0.39 is 6.61 Å². The molecular formula is C16H19F2N3OS. The zero-order valence-corrected chi connectivity index (χ0v) is 13.8. The molecule has 0 bridgehead atoms. The number of guanidine groups is 1. The molecule has 0 aliphatic carbocycles. The smallest absolute Gasteiger partial charge is 0.387 e. The number of ether oxygens (including phenoxy) is 1. The molecule has 1 aromatic carbocycles. The van der Waals surface area contributed by atoms with E-state index in [2.05, 4.69) is 25.7 Å². The number of thiophene rings is 1. The van der Waals surface area contributed by atoms with Gasteiger partial charge in [0.15, 0.2) is 5.96 Å². The highest BCUT2D eigenvalue weighted by molar-refractivity contribution is 7.07. The maximum Gasteiger partial charge on any atom is 0.387 e. The van der Waals surface area contributed by atoms with Crippen molar-refractivity contribution in [2.75, 3.05) is 7.05 Å². The summed E-state index contributed by atoms with van der Waals surface area (Å²) >= 11 is 1.63. The lowest BCUT2D eigenvalue weighted by molar-refractivity contribution is -0.0504. The second-order valence-electron chi connectivity index (χ2n) is 4.90. The highest BCUT2D eigenvalue weighted by Gasteiger charge is 2.10. The van der Waals surface area contributed by atoms with Crippen molar-refractivity contribution >= 4 is 17.3 Å². The van der Waals surface area contributed by atoms with Crippen molar-refractivity contribution in [2.24, 2.45) is 4.99 Å². The Balaban J connectivity index is 1.96. The molecule has 2 rings (SSSR count). The molecule has 23 heavy (non-hydrogen) atoms. The number of aryl methyl sites for hydroxylation is 1. The average Bonchev–Trinajstić information content (AvgIpc) is 3.03. The van der Waals surface area contributed by atoms with Crippen molar-refractivity contribution in [3.8, 4) is 5.75 Å². The number of nitrogens with zero attached hydrogens (tertiary/aromatic N) is 1. The van der Waals surface area contributed by atoms with Crippen LogP contribution in [0.25, 0.3) is 0 Å². The van der Waals surface area contributed by atoms with Crippen LogP contribution >= 0.6 is 11.3 Å². The molecule has 1 heterocycles. The first kappa shape index (κ1) is 17.2. The van der Waals surface area contributed by atoms with Crippen LogP contribution in [0, 0.1) is 6.92 Å². The summed E-state index contributed by atoms with van der Waals surface area (Å²) in [4.78, 5) is 4.12. The highest BCUT2D eigenvalue weighted by atomic mass is 32.1. The predicted molar refractivity (Wildman–Crippen MR) is 89.2 cm³/mol. The summed E-state index contributed by atoms with van der Waals surface area (Å²) in [6.07, 6.45) is 0. The quantitative estimate of drug-likeness (QED) is 0.625. The molecular weight excluding hydrogens is 320 g/mol. The van der Waals surface area contributed by atoms with E-state index in [9.17, 15) is 8.78 Å². The molecule has 7 heteroatoms. The van der Waals surface area contributed by atoms with Crippen LogP contribution in [-0.2, 0) is 13.1 Å². The minimum Gasteiger partial charge on any atom is -0.434 e. The lowest BCUT2D eigenvalue weighted by Gasteiger charge is -2.15. The fourth-order valence-electron chi connectivity index (χ4n) is 2.04. The Morgan fingerprint density at radius 1 is 1.26 bits per heavy atom. The molecule has 0 amide bonds. The Morgan fingerprint density at radius 3 is 2.70 bits per heavy atom. The number of hydrogen-bond donors (Lipinski definition) is 2. The van der Waals surface area contributed by atoms with Gasteiger partial charge in [-0.25, -0.2) is 0 Å². The van der Waals surface area contributed by atoms with E-state index in [0.29, 0.717) is 24.6 Å². The zero-order valence-electron chi connectivity index (χ0n) is 13.0. The summed E-state index contributed by atoms with van der Waals surface area (Å²) in [5.74, 6) is 0.770. The molecule has 0 fully saturated rings. The van der Waals surface area contributed by atoms with Gasteiger partial charge in [0.05, 0.1) is 0 Å². The van der Waals surface area contributed by atoms with Crippen molar-refractivity contribution in [1.29, 1.82) is 0 Å². The van der Waals surface area contributed by atoms with Gasteiger partial charge in [-0.3, -0.25) is 4.99 Å². The monoisotopic (exact) mass is 339 g/mol. The van der Waals surface area contributed by atoms with Crippen molar-refractivity contribution < 1.29 is 13.5 Å². The summed E-state index contributed by atoms with van der Waals surface area (Å²) in [6, 6.07) is 7.14. The van der Waals surface area contributed by atoms with E-state index in [1.54, 1.807) is 30.5 Å². The number of hydrogen-bond acceptors (Lipinski definition) is 3.